The van der Waals surface area contributed by atoms with E-state index in [1.54, 1.807) is 12.0 Å². The van der Waals surface area contributed by atoms with Gasteiger partial charge in [0.05, 0.1) is 6.10 Å². The summed E-state index contributed by atoms with van der Waals surface area (Å²) in [6.45, 7) is 2.24. The molecule has 3 atom stereocenters. The Bertz CT molecular complexity index is 155. The van der Waals surface area contributed by atoms with Gasteiger partial charge in [-0.05, 0) is 24.9 Å². The van der Waals surface area contributed by atoms with E-state index < -0.39 is 0 Å². The summed E-state index contributed by atoms with van der Waals surface area (Å²) in [5.74, 6) is 0.787. The quantitative estimate of drug-likeness (QED) is 0.426. The Morgan fingerprint density at radius 2 is 2.60 bits per heavy atom. The van der Waals surface area contributed by atoms with Crippen molar-refractivity contribution >= 4 is 12.0 Å². The first kappa shape index (κ1) is 6.74. The van der Waals surface area contributed by atoms with Crippen LogP contribution in [0.15, 0.2) is 12.2 Å². The first-order chi connectivity index (χ1) is 4.92. The predicted octanol–water partition coefficient (Wildman–Crippen LogP) is 2.39. The molecule has 2 aliphatic rings. The molecule has 1 saturated heterocycles. The van der Waals surface area contributed by atoms with Gasteiger partial charge in [0.1, 0.15) is 0 Å². The molecule has 1 fully saturated rings. The van der Waals surface area contributed by atoms with Gasteiger partial charge in [0.15, 0.2) is 0 Å². The fraction of sp³-hybridized carbons (Fsp3) is 0.750. The molecule has 1 nitrogen and oxygen atoms in total. The first-order valence-electron chi connectivity index (χ1n) is 3.90. The van der Waals surface area contributed by atoms with E-state index in [4.69, 9.17) is 4.18 Å². The highest BCUT2D eigenvalue weighted by atomic mass is 32.2. The second-order valence-electron chi connectivity index (χ2n) is 2.93. The molecule has 0 bridgehead atoms. The van der Waals surface area contributed by atoms with E-state index in [1.165, 1.54) is 12.8 Å². The number of fused-ring (bicyclic) bond motifs is 1. The lowest BCUT2D eigenvalue weighted by atomic mass is 9.99. The van der Waals surface area contributed by atoms with Crippen LogP contribution in [0.1, 0.15) is 19.8 Å². The van der Waals surface area contributed by atoms with E-state index in [1.807, 2.05) is 0 Å². The minimum absolute atomic E-state index is 0.440. The van der Waals surface area contributed by atoms with Crippen LogP contribution < -0.4 is 0 Å². The normalized spacial score (nSPS) is 44.3. The van der Waals surface area contributed by atoms with E-state index in [0.29, 0.717) is 6.10 Å². The Balaban J connectivity index is 2.05. The van der Waals surface area contributed by atoms with Crippen LogP contribution in [0.3, 0.4) is 0 Å². The third kappa shape index (κ3) is 0.903. The fourth-order valence-electron chi connectivity index (χ4n) is 1.69. The van der Waals surface area contributed by atoms with Crippen LogP contribution in [0.2, 0.25) is 0 Å². The van der Waals surface area contributed by atoms with Crippen molar-refractivity contribution < 1.29 is 4.18 Å². The van der Waals surface area contributed by atoms with Gasteiger partial charge in [-0.2, -0.15) is 0 Å². The molecular weight excluding hydrogens is 144 g/mol. The number of hydrogen-bond donors (Lipinski definition) is 0. The SMILES string of the molecule is CC[C@@H]1SO[C@H]2C=CC[C@H]21. The van der Waals surface area contributed by atoms with Crippen LogP contribution >= 0.6 is 12.0 Å². The summed E-state index contributed by atoms with van der Waals surface area (Å²) < 4.78 is 5.51. The molecule has 0 unspecified atom stereocenters. The van der Waals surface area contributed by atoms with Gasteiger partial charge in [-0.25, -0.2) is 0 Å². The van der Waals surface area contributed by atoms with Gasteiger partial charge in [0.2, 0.25) is 0 Å². The minimum atomic E-state index is 0.440. The average molecular weight is 156 g/mol. The molecule has 0 N–H and O–H groups in total. The summed E-state index contributed by atoms with van der Waals surface area (Å²) >= 11 is 1.68. The van der Waals surface area contributed by atoms with Crippen molar-refractivity contribution in [2.24, 2.45) is 5.92 Å². The van der Waals surface area contributed by atoms with Crippen LogP contribution in [-0.2, 0) is 4.18 Å². The van der Waals surface area contributed by atoms with Gasteiger partial charge in [-0.3, -0.25) is 0 Å². The highest BCUT2D eigenvalue weighted by Gasteiger charge is 2.37. The van der Waals surface area contributed by atoms with Crippen molar-refractivity contribution in [3.8, 4) is 0 Å². The molecule has 0 amide bonds. The van der Waals surface area contributed by atoms with E-state index in [2.05, 4.69) is 19.1 Å². The topological polar surface area (TPSA) is 9.23 Å². The fourth-order valence-corrected chi connectivity index (χ4v) is 2.71. The van der Waals surface area contributed by atoms with Gasteiger partial charge < -0.3 is 4.18 Å². The van der Waals surface area contributed by atoms with Crippen molar-refractivity contribution in [2.75, 3.05) is 0 Å². The van der Waals surface area contributed by atoms with Crippen molar-refractivity contribution in [1.29, 1.82) is 0 Å². The minimum Gasteiger partial charge on any atom is -0.307 e. The summed E-state index contributed by atoms with van der Waals surface area (Å²) in [7, 11) is 0. The van der Waals surface area contributed by atoms with Gasteiger partial charge in [0.25, 0.3) is 0 Å². The van der Waals surface area contributed by atoms with E-state index in [-0.39, 0.29) is 0 Å². The van der Waals surface area contributed by atoms with Gasteiger partial charge in [-0.15, -0.1) is 0 Å². The molecule has 1 aliphatic heterocycles. The van der Waals surface area contributed by atoms with Crippen LogP contribution in [0.25, 0.3) is 0 Å². The molecule has 2 heteroatoms. The molecule has 0 radical (unpaired) electrons. The third-order valence-corrected chi connectivity index (χ3v) is 3.59. The Labute approximate surface area is 66.0 Å². The van der Waals surface area contributed by atoms with E-state index in [9.17, 15) is 0 Å². The van der Waals surface area contributed by atoms with Crippen LogP contribution in [0, 0.1) is 5.92 Å². The Kier molecular flexibility index (Phi) is 1.75. The van der Waals surface area contributed by atoms with Crippen LogP contribution in [-0.4, -0.2) is 11.4 Å². The molecule has 1 aliphatic carbocycles. The van der Waals surface area contributed by atoms with Crippen molar-refractivity contribution in [3.05, 3.63) is 12.2 Å². The molecule has 1 heterocycles. The zero-order valence-electron chi connectivity index (χ0n) is 6.12. The number of allylic oxidation sites excluding steroid dienone is 1. The summed E-state index contributed by atoms with van der Waals surface area (Å²) in [6, 6.07) is 0. The largest absolute Gasteiger partial charge is 0.307 e. The summed E-state index contributed by atoms with van der Waals surface area (Å²) in [5.41, 5.74) is 0. The smallest absolute Gasteiger partial charge is 0.0945 e. The maximum atomic E-state index is 5.51. The van der Waals surface area contributed by atoms with E-state index in [0.717, 1.165) is 11.2 Å². The zero-order chi connectivity index (χ0) is 6.97. The Morgan fingerprint density at radius 1 is 1.70 bits per heavy atom. The van der Waals surface area contributed by atoms with Crippen molar-refractivity contribution in [3.63, 3.8) is 0 Å². The Morgan fingerprint density at radius 3 is 3.40 bits per heavy atom. The summed E-state index contributed by atoms with van der Waals surface area (Å²) in [4.78, 5) is 0. The van der Waals surface area contributed by atoms with Crippen molar-refractivity contribution in [2.45, 2.75) is 31.1 Å². The summed E-state index contributed by atoms with van der Waals surface area (Å²) in [6.07, 6.45) is 7.37. The molecule has 0 spiro atoms. The molecule has 56 valence electrons. The van der Waals surface area contributed by atoms with Gasteiger partial charge in [-0.1, -0.05) is 19.1 Å². The predicted molar refractivity (Wildman–Crippen MR) is 43.8 cm³/mol. The average Bonchev–Trinajstić information content (AvgIpc) is 2.44. The summed E-state index contributed by atoms with van der Waals surface area (Å²) in [5, 5.41) is 0.750. The maximum absolute atomic E-state index is 5.51. The molecular formula is C8H12OS. The van der Waals surface area contributed by atoms with Crippen LogP contribution in [0.4, 0.5) is 0 Å². The lowest BCUT2D eigenvalue weighted by molar-refractivity contribution is 0.261. The molecule has 2 rings (SSSR count). The molecule has 0 aromatic carbocycles. The van der Waals surface area contributed by atoms with Gasteiger partial charge >= 0.3 is 0 Å². The standard InChI is InChI=1S/C8H12OS/c1-2-8-6-4-3-5-7(6)9-10-8/h3,5-8H,2,4H2,1H3/t6-,7+,8+/m1/s1. The second kappa shape index (κ2) is 2.59. The lowest BCUT2D eigenvalue weighted by Gasteiger charge is -2.10. The molecule has 0 aromatic heterocycles. The third-order valence-electron chi connectivity index (χ3n) is 2.33. The highest BCUT2D eigenvalue weighted by molar-refractivity contribution is 7.95. The molecule has 0 saturated carbocycles. The van der Waals surface area contributed by atoms with E-state index >= 15 is 0 Å². The Hall–Kier alpha value is 0.0500. The molecule has 10 heavy (non-hydrogen) atoms. The lowest BCUT2D eigenvalue weighted by Crippen LogP contribution is -2.16. The van der Waals surface area contributed by atoms with Crippen molar-refractivity contribution in [1.82, 2.24) is 0 Å². The van der Waals surface area contributed by atoms with Gasteiger partial charge in [0, 0.05) is 11.2 Å². The zero-order valence-corrected chi connectivity index (χ0v) is 6.93. The highest BCUT2D eigenvalue weighted by Crippen LogP contribution is 2.42. The second-order valence-corrected chi connectivity index (χ2v) is 3.92. The number of hydrogen-bond acceptors (Lipinski definition) is 2. The maximum Gasteiger partial charge on any atom is 0.0945 e. The van der Waals surface area contributed by atoms with Crippen LogP contribution in [0.5, 0.6) is 0 Å². The monoisotopic (exact) mass is 156 g/mol. The number of rotatable bonds is 1. The first-order valence-corrected chi connectivity index (χ1v) is 4.71. The molecule has 0 aromatic rings.